The number of nitrogens with one attached hydrogen (secondary N) is 1. The number of aromatic nitrogens is 2. The summed E-state index contributed by atoms with van der Waals surface area (Å²) in [4.78, 5) is 7.47. The monoisotopic (exact) mass is 316 g/mol. The molecule has 4 rings (SSSR count). The topological polar surface area (TPSA) is 28.7 Å². The van der Waals surface area contributed by atoms with Gasteiger partial charge in [-0.2, -0.15) is 24.6 Å². The SMILES string of the molecule is [Fe].c1cc[cH-]c1.c1cnc2[nH]cc(C[c-]3[cH-][cH-][cH-][cH-]3)c2c1. The van der Waals surface area contributed by atoms with Crippen LogP contribution < -0.4 is 0 Å². The zero-order chi connectivity index (χ0) is 13.6. The van der Waals surface area contributed by atoms with E-state index in [0.29, 0.717) is 0 Å². The Balaban J connectivity index is 0.000000231. The third kappa shape index (κ3) is 3.94. The number of fused-ring (bicyclic) bond motifs is 1. The molecule has 3 heteroatoms. The Labute approximate surface area is 135 Å². The van der Waals surface area contributed by atoms with Crippen molar-refractivity contribution in [2.75, 3.05) is 0 Å². The number of rotatable bonds is 2. The van der Waals surface area contributed by atoms with Gasteiger partial charge in [0.1, 0.15) is 5.65 Å². The van der Waals surface area contributed by atoms with Gasteiger partial charge < -0.3 is 34.8 Å². The molecule has 0 unspecified atom stereocenters. The van der Waals surface area contributed by atoms with Gasteiger partial charge in [0.2, 0.25) is 0 Å². The van der Waals surface area contributed by atoms with E-state index in [-0.39, 0.29) is 17.1 Å². The minimum atomic E-state index is 0. The van der Waals surface area contributed by atoms with Crippen LogP contribution >= 0.6 is 0 Å². The van der Waals surface area contributed by atoms with Gasteiger partial charge in [-0.3, -0.25) is 0 Å². The number of pyridine rings is 1. The van der Waals surface area contributed by atoms with E-state index in [9.17, 15) is 0 Å². The van der Waals surface area contributed by atoms with Gasteiger partial charge in [0, 0.05) is 34.8 Å². The maximum atomic E-state index is 4.28. The van der Waals surface area contributed by atoms with Crippen molar-refractivity contribution in [1.82, 2.24) is 9.97 Å². The van der Waals surface area contributed by atoms with Crippen LogP contribution in [0.4, 0.5) is 0 Å². The maximum absolute atomic E-state index is 4.28. The Morgan fingerprint density at radius 1 is 1.10 bits per heavy atom. The molecule has 0 amide bonds. The van der Waals surface area contributed by atoms with E-state index in [0.717, 1.165) is 12.1 Å². The maximum Gasteiger partial charge on any atom is 0.137 e. The fourth-order valence-corrected chi connectivity index (χ4v) is 2.23. The summed E-state index contributed by atoms with van der Waals surface area (Å²) in [7, 11) is 0. The second kappa shape index (κ2) is 7.63. The van der Waals surface area contributed by atoms with Crippen molar-refractivity contribution in [1.29, 1.82) is 0 Å². The summed E-state index contributed by atoms with van der Waals surface area (Å²) >= 11 is 0. The molecular weight excluding hydrogens is 300 g/mol. The Morgan fingerprint density at radius 2 is 1.86 bits per heavy atom. The van der Waals surface area contributed by atoms with E-state index in [1.807, 2.05) is 48.8 Å². The molecule has 0 aliphatic rings. The summed E-state index contributed by atoms with van der Waals surface area (Å²) in [5.41, 5.74) is 3.63. The van der Waals surface area contributed by atoms with Crippen LogP contribution in [0.25, 0.3) is 11.0 Å². The quantitative estimate of drug-likeness (QED) is 0.434. The molecule has 2 heterocycles. The van der Waals surface area contributed by atoms with Gasteiger partial charge in [0.05, 0.1) is 0 Å². The predicted octanol–water partition coefficient (Wildman–Crippen LogP) is 4.28. The van der Waals surface area contributed by atoms with Gasteiger partial charge in [-0.15, -0.1) is 0 Å². The molecule has 0 saturated carbocycles. The molecule has 0 radical (unpaired) electrons. The first-order valence-corrected chi connectivity index (χ1v) is 6.72. The standard InChI is InChI=1S/C13H11N2.C5H5.Fe/c1-2-5-10(4-1)8-11-9-15-13-12(11)6-3-7-14-13;1-2-4-5-3-1;/h1-7,9H,8H2,(H,14,15);1-5H;/q-5;-1;. The minimum absolute atomic E-state index is 0. The van der Waals surface area contributed by atoms with Gasteiger partial charge in [-0.1, -0.05) is 5.56 Å². The summed E-state index contributed by atoms with van der Waals surface area (Å²) in [6.07, 6.45) is 4.83. The summed E-state index contributed by atoms with van der Waals surface area (Å²) in [6.45, 7) is 0. The second-order valence-electron chi connectivity index (χ2n) is 4.65. The van der Waals surface area contributed by atoms with Gasteiger partial charge >= 0.3 is 0 Å². The molecule has 4 aromatic rings. The summed E-state index contributed by atoms with van der Waals surface area (Å²) < 4.78 is 0. The molecular formula is C18H16FeN2-6. The Hall–Kier alpha value is -2.09. The van der Waals surface area contributed by atoms with Gasteiger partial charge in [-0.25, -0.2) is 17.1 Å². The Morgan fingerprint density at radius 3 is 2.52 bits per heavy atom. The molecule has 0 fully saturated rings. The van der Waals surface area contributed by atoms with Crippen LogP contribution in [0.5, 0.6) is 0 Å². The largest absolute Gasteiger partial charge is 0.748 e. The van der Waals surface area contributed by atoms with E-state index < -0.39 is 0 Å². The first-order valence-electron chi connectivity index (χ1n) is 6.72. The van der Waals surface area contributed by atoms with Crippen molar-refractivity contribution in [3.63, 3.8) is 0 Å². The van der Waals surface area contributed by atoms with Crippen LogP contribution in [-0.4, -0.2) is 9.97 Å². The molecule has 2 aromatic heterocycles. The van der Waals surface area contributed by atoms with Crippen molar-refractivity contribution >= 4 is 11.0 Å². The van der Waals surface area contributed by atoms with E-state index in [2.05, 4.69) is 40.3 Å². The number of nitrogens with zero attached hydrogens (tertiary/aromatic N) is 1. The van der Waals surface area contributed by atoms with Gasteiger partial charge in [0.15, 0.2) is 0 Å². The van der Waals surface area contributed by atoms with Crippen LogP contribution in [0.15, 0.2) is 79.1 Å². The van der Waals surface area contributed by atoms with Crippen molar-refractivity contribution in [3.05, 3.63) is 90.3 Å². The number of hydrogen-bond donors (Lipinski definition) is 1. The summed E-state index contributed by atoms with van der Waals surface area (Å²) in [5.74, 6) is 0. The van der Waals surface area contributed by atoms with Crippen LogP contribution in [0.3, 0.4) is 0 Å². The van der Waals surface area contributed by atoms with Crippen molar-refractivity contribution in [2.24, 2.45) is 0 Å². The van der Waals surface area contributed by atoms with Crippen LogP contribution in [-0.2, 0) is 23.5 Å². The van der Waals surface area contributed by atoms with Gasteiger partial charge in [0.25, 0.3) is 0 Å². The zero-order valence-corrected chi connectivity index (χ0v) is 12.6. The molecule has 112 valence electrons. The molecule has 0 spiro atoms. The number of aromatic amines is 1. The van der Waals surface area contributed by atoms with Crippen LogP contribution in [0.2, 0.25) is 0 Å². The second-order valence-corrected chi connectivity index (χ2v) is 4.65. The van der Waals surface area contributed by atoms with E-state index in [4.69, 9.17) is 0 Å². The number of H-pyrrole nitrogens is 1. The fraction of sp³-hybridized carbons (Fsp3) is 0.0556. The first-order chi connectivity index (χ1) is 9.93. The third-order valence-corrected chi connectivity index (χ3v) is 3.22. The van der Waals surface area contributed by atoms with Crippen LogP contribution in [0.1, 0.15) is 11.1 Å². The van der Waals surface area contributed by atoms with E-state index >= 15 is 0 Å². The van der Waals surface area contributed by atoms with Crippen molar-refractivity contribution < 1.29 is 17.1 Å². The van der Waals surface area contributed by atoms with Crippen LogP contribution in [0, 0.1) is 0 Å². The molecule has 0 bridgehead atoms. The molecule has 0 aliphatic heterocycles. The molecule has 2 nitrogen and oxygen atoms in total. The fourth-order valence-electron chi connectivity index (χ4n) is 2.23. The smallest absolute Gasteiger partial charge is 0.137 e. The Kier molecular flexibility index (Phi) is 5.56. The molecule has 0 atom stereocenters. The van der Waals surface area contributed by atoms with Crippen molar-refractivity contribution in [3.8, 4) is 0 Å². The Bertz CT molecular complexity index is 719. The van der Waals surface area contributed by atoms with E-state index in [1.54, 1.807) is 0 Å². The molecule has 1 N–H and O–H groups in total. The van der Waals surface area contributed by atoms with Gasteiger partial charge in [-0.05, 0) is 12.1 Å². The third-order valence-electron chi connectivity index (χ3n) is 3.22. The molecule has 0 saturated heterocycles. The van der Waals surface area contributed by atoms with E-state index in [1.165, 1.54) is 16.5 Å². The average molecular weight is 316 g/mol. The number of hydrogen-bond acceptors (Lipinski definition) is 1. The normalized spacial score (nSPS) is 9.71. The summed E-state index contributed by atoms with van der Waals surface area (Å²) in [6, 6.07) is 22.5. The minimum Gasteiger partial charge on any atom is -0.748 e. The zero-order valence-electron chi connectivity index (χ0n) is 11.5. The summed E-state index contributed by atoms with van der Waals surface area (Å²) in [5, 5.41) is 1.22. The molecule has 21 heavy (non-hydrogen) atoms. The predicted molar refractivity (Wildman–Crippen MR) is 83.0 cm³/mol. The average Bonchev–Trinajstić information content (AvgIpc) is 3.24. The molecule has 0 aliphatic carbocycles. The first kappa shape index (κ1) is 15.3. The van der Waals surface area contributed by atoms with Crippen molar-refractivity contribution in [2.45, 2.75) is 6.42 Å². The molecule has 2 aromatic carbocycles.